The Bertz CT molecular complexity index is 641. The molecule has 3 rings (SSSR count). The van der Waals surface area contributed by atoms with Gasteiger partial charge in [-0.15, -0.1) is 11.3 Å². The molecule has 3 nitrogen and oxygen atoms in total. The molecule has 1 aliphatic heterocycles. The molecule has 2 heterocycles. The van der Waals surface area contributed by atoms with E-state index in [0.717, 1.165) is 18.6 Å². The zero-order valence-electron chi connectivity index (χ0n) is 13.4. The van der Waals surface area contributed by atoms with E-state index in [0.29, 0.717) is 12.0 Å². The maximum Gasteiger partial charge on any atom is 0.0992 e. The van der Waals surface area contributed by atoms with Gasteiger partial charge in [0.05, 0.1) is 15.2 Å². The van der Waals surface area contributed by atoms with Crippen LogP contribution in [-0.2, 0) is 5.41 Å². The Balaban J connectivity index is 1.94. The minimum atomic E-state index is 0.124. The van der Waals surface area contributed by atoms with E-state index in [1.807, 2.05) is 11.3 Å². The number of aromatic nitrogens is 1. The van der Waals surface area contributed by atoms with Crippen LogP contribution in [0.15, 0.2) is 18.2 Å². The van der Waals surface area contributed by atoms with Crippen molar-refractivity contribution in [2.75, 3.05) is 20.1 Å². The fourth-order valence-electron chi connectivity index (χ4n) is 3.14. The predicted molar refractivity (Wildman–Crippen MR) is 90.9 cm³/mol. The molecule has 2 aromatic rings. The summed E-state index contributed by atoms with van der Waals surface area (Å²) in [5.41, 5.74) is 8.50. The monoisotopic (exact) mass is 303 g/mol. The summed E-state index contributed by atoms with van der Waals surface area (Å²) in [5, 5.41) is 1.22. The molecular formula is C17H25N3S. The number of thiazole rings is 1. The third-order valence-electron chi connectivity index (χ3n) is 4.41. The van der Waals surface area contributed by atoms with Crippen molar-refractivity contribution in [2.24, 2.45) is 11.7 Å². The van der Waals surface area contributed by atoms with E-state index in [-0.39, 0.29) is 5.41 Å². The molecule has 4 heteroatoms. The molecule has 21 heavy (non-hydrogen) atoms. The summed E-state index contributed by atoms with van der Waals surface area (Å²) in [6.45, 7) is 8.57. The number of fused-ring (bicyclic) bond motifs is 1. The molecule has 0 aliphatic carbocycles. The van der Waals surface area contributed by atoms with Crippen LogP contribution in [0.1, 0.15) is 43.8 Å². The topological polar surface area (TPSA) is 42.1 Å². The van der Waals surface area contributed by atoms with E-state index in [1.54, 1.807) is 0 Å². The zero-order chi connectivity index (χ0) is 15.2. The summed E-state index contributed by atoms with van der Waals surface area (Å²) in [6.07, 6.45) is 1.17. The fraction of sp³-hybridized carbons (Fsp3) is 0.588. The minimum absolute atomic E-state index is 0.124. The second-order valence-electron chi connectivity index (χ2n) is 7.29. The molecule has 0 saturated carbocycles. The number of hydrogen-bond donors (Lipinski definition) is 1. The highest BCUT2D eigenvalue weighted by Gasteiger charge is 2.30. The van der Waals surface area contributed by atoms with Gasteiger partial charge in [-0.1, -0.05) is 26.8 Å². The van der Waals surface area contributed by atoms with Crippen LogP contribution in [0.2, 0.25) is 0 Å². The molecule has 0 radical (unpaired) electrons. The maximum atomic E-state index is 5.84. The molecule has 0 amide bonds. The molecule has 1 saturated heterocycles. The molecule has 0 spiro atoms. The van der Waals surface area contributed by atoms with Crippen LogP contribution in [0, 0.1) is 5.92 Å². The summed E-state index contributed by atoms with van der Waals surface area (Å²) in [6, 6.07) is 7.26. The third kappa shape index (κ3) is 2.85. The van der Waals surface area contributed by atoms with Gasteiger partial charge >= 0.3 is 0 Å². The van der Waals surface area contributed by atoms with Crippen LogP contribution >= 0.6 is 11.3 Å². The van der Waals surface area contributed by atoms with Crippen molar-refractivity contribution in [3.05, 3.63) is 28.8 Å². The Hall–Kier alpha value is -0.970. The van der Waals surface area contributed by atoms with E-state index in [1.165, 1.54) is 21.7 Å². The Morgan fingerprint density at radius 2 is 2.14 bits per heavy atom. The second kappa shape index (κ2) is 5.34. The van der Waals surface area contributed by atoms with Crippen LogP contribution in [-0.4, -0.2) is 30.0 Å². The molecule has 1 aromatic heterocycles. The lowest BCUT2D eigenvalue weighted by Gasteiger charge is -2.19. The molecule has 114 valence electrons. The summed E-state index contributed by atoms with van der Waals surface area (Å²) in [7, 11) is 2.21. The number of benzene rings is 1. The van der Waals surface area contributed by atoms with Crippen molar-refractivity contribution in [2.45, 2.75) is 38.6 Å². The molecular weight excluding hydrogens is 278 g/mol. The van der Waals surface area contributed by atoms with E-state index in [4.69, 9.17) is 10.7 Å². The van der Waals surface area contributed by atoms with Gasteiger partial charge in [0, 0.05) is 18.0 Å². The van der Waals surface area contributed by atoms with Crippen molar-refractivity contribution in [3.8, 4) is 0 Å². The second-order valence-corrected chi connectivity index (χ2v) is 8.32. The summed E-state index contributed by atoms with van der Waals surface area (Å²) >= 11 is 1.83. The zero-order valence-corrected chi connectivity index (χ0v) is 14.2. The molecule has 2 atom stereocenters. The standard InChI is InChI=1S/C17H25N3S/c1-17(2,3)16-19-13-6-5-12(8-15(13)21-16)14-7-11(9-18)10-20(14)4/h5-6,8,11,14H,7,9-10,18H2,1-4H3. The van der Waals surface area contributed by atoms with Gasteiger partial charge in [-0.2, -0.15) is 0 Å². The van der Waals surface area contributed by atoms with Gasteiger partial charge in [0.2, 0.25) is 0 Å². The largest absolute Gasteiger partial charge is 0.330 e. The van der Waals surface area contributed by atoms with Gasteiger partial charge in [0.1, 0.15) is 0 Å². The Morgan fingerprint density at radius 3 is 2.76 bits per heavy atom. The fourth-order valence-corrected chi connectivity index (χ4v) is 4.21. The average Bonchev–Trinajstić information content (AvgIpc) is 3.00. The molecule has 1 aromatic carbocycles. The molecule has 2 N–H and O–H groups in total. The quantitative estimate of drug-likeness (QED) is 0.922. The Kier molecular flexibility index (Phi) is 3.80. The van der Waals surface area contributed by atoms with Crippen LogP contribution in [0.25, 0.3) is 10.2 Å². The van der Waals surface area contributed by atoms with E-state index < -0.39 is 0 Å². The Labute approximate surface area is 131 Å². The number of rotatable bonds is 2. The highest BCUT2D eigenvalue weighted by atomic mass is 32.1. The van der Waals surface area contributed by atoms with Crippen LogP contribution < -0.4 is 5.73 Å². The summed E-state index contributed by atoms with van der Waals surface area (Å²) in [5.74, 6) is 0.627. The van der Waals surface area contributed by atoms with E-state index >= 15 is 0 Å². The van der Waals surface area contributed by atoms with Crippen molar-refractivity contribution >= 4 is 21.6 Å². The van der Waals surface area contributed by atoms with Crippen molar-refractivity contribution < 1.29 is 0 Å². The van der Waals surface area contributed by atoms with Crippen molar-refractivity contribution in [1.29, 1.82) is 0 Å². The van der Waals surface area contributed by atoms with E-state index in [2.05, 4.69) is 50.9 Å². The highest BCUT2D eigenvalue weighted by molar-refractivity contribution is 7.18. The first kappa shape index (κ1) is 14.9. The van der Waals surface area contributed by atoms with Gasteiger partial charge in [-0.25, -0.2) is 4.98 Å². The summed E-state index contributed by atoms with van der Waals surface area (Å²) in [4.78, 5) is 7.22. The normalized spacial score (nSPS) is 24.0. The average molecular weight is 303 g/mol. The number of likely N-dealkylation sites (tertiary alicyclic amines) is 1. The first-order valence-corrected chi connectivity index (χ1v) is 8.51. The van der Waals surface area contributed by atoms with Crippen LogP contribution in [0.3, 0.4) is 0 Å². The summed E-state index contributed by atoms with van der Waals surface area (Å²) < 4.78 is 1.31. The molecule has 0 bridgehead atoms. The first-order chi connectivity index (χ1) is 9.88. The highest BCUT2D eigenvalue weighted by Crippen LogP contribution is 2.37. The van der Waals surface area contributed by atoms with Gasteiger partial charge in [-0.05, 0) is 43.6 Å². The lowest BCUT2D eigenvalue weighted by atomic mass is 9.98. The smallest absolute Gasteiger partial charge is 0.0992 e. The van der Waals surface area contributed by atoms with Crippen molar-refractivity contribution in [3.63, 3.8) is 0 Å². The predicted octanol–water partition coefficient (Wildman–Crippen LogP) is 3.55. The third-order valence-corrected chi connectivity index (χ3v) is 5.85. The minimum Gasteiger partial charge on any atom is -0.330 e. The maximum absolute atomic E-state index is 5.84. The number of nitrogens with two attached hydrogens (primary N) is 1. The molecule has 1 aliphatic rings. The SMILES string of the molecule is CN1CC(CN)CC1c1ccc2nc(C(C)(C)C)sc2c1. The lowest BCUT2D eigenvalue weighted by Crippen LogP contribution is -2.20. The van der Waals surface area contributed by atoms with Gasteiger partial charge < -0.3 is 5.73 Å². The van der Waals surface area contributed by atoms with Crippen LogP contribution in [0.5, 0.6) is 0 Å². The van der Waals surface area contributed by atoms with Gasteiger partial charge in [0.25, 0.3) is 0 Å². The number of nitrogens with zero attached hydrogens (tertiary/aromatic N) is 2. The lowest BCUT2D eigenvalue weighted by molar-refractivity contribution is 0.314. The first-order valence-electron chi connectivity index (χ1n) is 7.70. The number of hydrogen-bond acceptors (Lipinski definition) is 4. The van der Waals surface area contributed by atoms with E-state index in [9.17, 15) is 0 Å². The van der Waals surface area contributed by atoms with Crippen molar-refractivity contribution in [1.82, 2.24) is 9.88 Å². The van der Waals surface area contributed by atoms with Gasteiger partial charge in [-0.3, -0.25) is 4.90 Å². The van der Waals surface area contributed by atoms with Crippen LogP contribution in [0.4, 0.5) is 0 Å². The molecule has 1 fully saturated rings. The van der Waals surface area contributed by atoms with Gasteiger partial charge in [0.15, 0.2) is 0 Å². The Morgan fingerprint density at radius 1 is 1.38 bits per heavy atom. The molecule has 2 unspecified atom stereocenters.